The van der Waals surface area contributed by atoms with Crippen LogP contribution in [0, 0.1) is 12.8 Å². The molecule has 3 amide bonds. The highest BCUT2D eigenvalue weighted by Crippen LogP contribution is 2.29. The maximum Gasteiger partial charge on any atom is 0.289 e. The summed E-state index contributed by atoms with van der Waals surface area (Å²) < 4.78 is 11.8. The van der Waals surface area contributed by atoms with Crippen LogP contribution in [0.2, 0.25) is 0 Å². The van der Waals surface area contributed by atoms with Crippen molar-refractivity contribution in [2.24, 2.45) is 5.92 Å². The Balaban J connectivity index is 1.98. The number of hydrogen-bond donors (Lipinski definition) is 3. The smallest absolute Gasteiger partial charge is 0.289 e. The Morgan fingerprint density at radius 2 is 1.78 bits per heavy atom. The molecule has 0 saturated carbocycles. The standard InChI is InChI=1S/C26H39N3O5S2/c1-5-27-26(33)24(31)21(16-19-12-10-18(4)11-13-19)28-25(32)23(17(2)3)29-22(30)9-7-6-8-20-14-15-35-36(20)34/h10-13,17,20-21,23H,5-9,14-16H2,1-4H3,(H,27,33)(H,28,32)(H,29,30)/t20?,21-,23-,36?/m0/s1. The molecule has 10 heteroatoms. The van der Waals surface area contributed by atoms with Crippen LogP contribution in [0.25, 0.3) is 0 Å². The highest BCUT2D eigenvalue weighted by atomic mass is 33.1. The van der Waals surface area contributed by atoms with Gasteiger partial charge in [-0.1, -0.05) is 60.9 Å². The molecular formula is C26H39N3O5S2. The van der Waals surface area contributed by atoms with Crippen molar-refractivity contribution in [1.29, 1.82) is 0 Å². The number of ketones is 1. The molecule has 1 aliphatic heterocycles. The fourth-order valence-corrected chi connectivity index (χ4v) is 7.46. The molecule has 2 unspecified atom stereocenters. The van der Waals surface area contributed by atoms with Crippen molar-refractivity contribution in [2.75, 3.05) is 12.3 Å². The fraction of sp³-hybridized carbons (Fsp3) is 0.615. The zero-order valence-corrected chi connectivity index (χ0v) is 23.3. The third kappa shape index (κ3) is 9.69. The van der Waals surface area contributed by atoms with Crippen molar-refractivity contribution >= 4 is 44.1 Å². The second-order valence-electron chi connectivity index (χ2n) is 9.50. The molecule has 1 heterocycles. The van der Waals surface area contributed by atoms with Crippen LogP contribution in [-0.2, 0) is 35.4 Å². The average molecular weight is 538 g/mol. The Hall–Kier alpha value is -2.20. The molecule has 1 fully saturated rings. The average Bonchev–Trinajstić information content (AvgIpc) is 3.25. The lowest BCUT2D eigenvalue weighted by Crippen LogP contribution is -2.56. The van der Waals surface area contributed by atoms with Crippen LogP contribution in [0.5, 0.6) is 0 Å². The van der Waals surface area contributed by atoms with E-state index in [-0.39, 0.29) is 29.9 Å². The third-order valence-corrected chi connectivity index (χ3v) is 9.78. The van der Waals surface area contributed by atoms with E-state index >= 15 is 0 Å². The SMILES string of the molecule is CCNC(=O)C(=O)[C@H](Cc1ccc(C)cc1)NC(=O)[C@@H](NC(=O)CCCCC1CCSS1=O)C(C)C. The summed E-state index contributed by atoms with van der Waals surface area (Å²) in [6, 6.07) is 5.66. The quantitative estimate of drug-likeness (QED) is 0.191. The second kappa shape index (κ2) is 15.1. The first-order chi connectivity index (χ1) is 17.1. The van der Waals surface area contributed by atoms with Crippen LogP contribution >= 0.6 is 10.8 Å². The minimum atomic E-state index is -1.05. The molecule has 0 aliphatic carbocycles. The van der Waals surface area contributed by atoms with Gasteiger partial charge in [0.25, 0.3) is 5.91 Å². The molecule has 1 saturated heterocycles. The van der Waals surface area contributed by atoms with Gasteiger partial charge in [0.05, 0.1) is 9.83 Å². The van der Waals surface area contributed by atoms with E-state index in [9.17, 15) is 23.4 Å². The molecule has 0 aromatic heterocycles. The first-order valence-electron chi connectivity index (χ1n) is 12.6. The normalized spacial score (nSPS) is 18.9. The zero-order chi connectivity index (χ0) is 26.7. The van der Waals surface area contributed by atoms with Crippen LogP contribution in [0.4, 0.5) is 0 Å². The first kappa shape index (κ1) is 30.0. The lowest BCUT2D eigenvalue weighted by Gasteiger charge is -2.25. The molecule has 3 N–H and O–H groups in total. The molecule has 1 aliphatic rings. The summed E-state index contributed by atoms with van der Waals surface area (Å²) in [4.78, 5) is 50.8. The van der Waals surface area contributed by atoms with E-state index in [1.165, 1.54) is 10.8 Å². The monoisotopic (exact) mass is 537 g/mol. The van der Waals surface area contributed by atoms with Gasteiger partial charge in [0.15, 0.2) is 0 Å². The molecule has 1 aromatic rings. The molecule has 4 atom stereocenters. The molecule has 200 valence electrons. The van der Waals surface area contributed by atoms with Gasteiger partial charge in [-0.15, -0.1) is 0 Å². The van der Waals surface area contributed by atoms with E-state index in [4.69, 9.17) is 0 Å². The molecule has 0 radical (unpaired) electrons. The number of hydrogen-bond acceptors (Lipinski definition) is 6. The summed E-state index contributed by atoms with van der Waals surface area (Å²) in [6.07, 6.45) is 3.70. The summed E-state index contributed by atoms with van der Waals surface area (Å²) in [6.45, 7) is 7.61. The lowest BCUT2D eigenvalue weighted by molar-refractivity contribution is -0.140. The molecule has 8 nitrogen and oxygen atoms in total. The maximum absolute atomic E-state index is 13.2. The van der Waals surface area contributed by atoms with Crippen LogP contribution < -0.4 is 16.0 Å². The number of likely N-dealkylation sites (N-methyl/N-ethyl adjacent to an activating group) is 1. The summed E-state index contributed by atoms with van der Waals surface area (Å²) >= 11 is 0. The molecule has 0 bridgehead atoms. The van der Waals surface area contributed by atoms with E-state index < -0.39 is 39.5 Å². The minimum Gasteiger partial charge on any atom is -0.350 e. The fourth-order valence-electron chi connectivity index (χ4n) is 3.97. The van der Waals surface area contributed by atoms with Gasteiger partial charge in [0.1, 0.15) is 12.1 Å². The summed E-state index contributed by atoms with van der Waals surface area (Å²) in [7, 11) is 0.676. The Bertz CT molecular complexity index is 936. The van der Waals surface area contributed by atoms with Gasteiger partial charge < -0.3 is 16.0 Å². The summed E-state index contributed by atoms with van der Waals surface area (Å²) in [5, 5.41) is 8.22. The van der Waals surface area contributed by atoms with Gasteiger partial charge in [-0.3, -0.25) is 19.2 Å². The summed E-state index contributed by atoms with van der Waals surface area (Å²) in [5.41, 5.74) is 1.88. The minimum absolute atomic E-state index is 0.168. The van der Waals surface area contributed by atoms with E-state index in [1.54, 1.807) is 6.92 Å². The Morgan fingerprint density at radius 1 is 1.08 bits per heavy atom. The van der Waals surface area contributed by atoms with Crippen molar-refractivity contribution in [2.45, 2.75) is 83.6 Å². The first-order valence-corrected chi connectivity index (χ1v) is 15.3. The van der Waals surface area contributed by atoms with Crippen LogP contribution in [-0.4, -0.2) is 57.3 Å². The number of amides is 3. The molecular weight excluding hydrogens is 498 g/mol. The van der Waals surface area contributed by atoms with Crippen molar-refractivity contribution in [1.82, 2.24) is 16.0 Å². The largest absolute Gasteiger partial charge is 0.350 e. The Labute approximate surface area is 220 Å². The number of benzene rings is 1. The number of nitrogens with one attached hydrogen (secondary N) is 3. The van der Waals surface area contributed by atoms with Gasteiger partial charge >= 0.3 is 0 Å². The highest BCUT2D eigenvalue weighted by Gasteiger charge is 2.31. The van der Waals surface area contributed by atoms with Crippen LogP contribution in [0.15, 0.2) is 24.3 Å². The summed E-state index contributed by atoms with van der Waals surface area (Å²) in [5.74, 6) is -1.49. The zero-order valence-electron chi connectivity index (χ0n) is 21.6. The van der Waals surface area contributed by atoms with Gasteiger partial charge in [-0.25, -0.2) is 4.21 Å². The number of rotatable bonds is 14. The number of unbranched alkanes of at least 4 members (excludes halogenated alkanes) is 1. The van der Waals surface area contributed by atoms with Crippen molar-refractivity contribution in [3.63, 3.8) is 0 Å². The Kier molecular flexibility index (Phi) is 12.6. The molecule has 36 heavy (non-hydrogen) atoms. The lowest BCUT2D eigenvalue weighted by atomic mass is 9.98. The van der Waals surface area contributed by atoms with Crippen LogP contribution in [0.1, 0.15) is 64.0 Å². The number of carbonyl (C=O) groups excluding carboxylic acids is 4. The highest BCUT2D eigenvalue weighted by molar-refractivity contribution is 8.69. The Morgan fingerprint density at radius 3 is 2.36 bits per heavy atom. The van der Waals surface area contributed by atoms with Crippen molar-refractivity contribution in [3.05, 3.63) is 35.4 Å². The second-order valence-corrected chi connectivity index (χ2v) is 13.0. The molecule has 2 rings (SSSR count). The third-order valence-electron chi connectivity index (χ3n) is 6.11. The van der Waals surface area contributed by atoms with E-state index in [0.717, 1.165) is 36.1 Å². The number of aryl methyl sites for hydroxylation is 1. The van der Waals surface area contributed by atoms with Gasteiger partial charge in [0.2, 0.25) is 17.6 Å². The molecule has 0 spiro atoms. The van der Waals surface area contributed by atoms with E-state index in [2.05, 4.69) is 16.0 Å². The predicted octanol–water partition coefficient (Wildman–Crippen LogP) is 2.60. The van der Waals surface area contributed by atoms with E-state index in [1.807, 2.05) is 45.0 Å². The van der Waals surface area contributed by atoms with Gasteiger partial charge in [-0.2, -0.15) is 0 Å². The predicted molar refractivity (Wildman–Crippen MR) is 145 cm³/mol. The van der Waals surface area contributed by atoms with Gasteiger partial charge in [0, 0.05) is 30.4 Å². The van der Waals surface area contributed by atoms with Gasteiger partial charge in [-0.05, 0) is 44.6 Å². The topological polar surface area (TPSA) is 121 Å². The van der Waals surface area contributed by atoms with Crippen LogP contribution in [0.3, 0.4) is 0 Å². The van der Waals surface area contributed by atoms with Crippen molar-refractivity contribution in [3.8, 4) is 0 Å². The van der Waals surface area contributed by atoms with Crippen molar-refractivity contribution < 1.29 is 23.4 Å². The maximum atomic E-state index is 13.2. The number of Topliss-reactive ketones (excluding diaryl/α,β-unsaturated/α-hetero) is 1. The van der Waals surface area contributed by atoms with E-state index in [0.29, 0.717) is 13.0 Å². The molecule has 1 aromatic carbocycles. The number of carbonyl (C=O) groups is 4.